The van der Waals surface area contributed by atoms with E-state index in [1.807, 2.05) is 44.2 Å². The molecule has 5 nitrogen and oxygen atoms in total. The molecular weight excluding hydrogens is 372 g/mol. The third-order valence-electron chi connectivity index (χ3n) is 4.52. The highest BCUT2D eigenvalue weighted by atomic mass is 32.2. The molecule has 3 rings (SSSR count). The van der Waals surface area contributed by atoms with Gasteiger partial charge >= 0.3 is 0 Å². The van der Waals surface area contributed by atoms with Gasteiger partial charge in [-0.1, -0.05) is 42.5 Å². The van der Waals surface area contributed by atoms with E-state index in [9.17, 15) is 13.2 Å². The third kappa shape index (κ3) is 4.23. The largest absolute Gasteiger partial charge is 0.322 e. The molecule has 28 heavy (non-hydrogen) atoms. The zero-order chi connectivity index (χ0) is 20.3. The molecule has 0 aliphatic carbocycles. The number of rotatable bonds is 5. The summed E-state index contributed by atoms with van der Waals surface area (Å²) in [6.07, 6.45) is 0. The maximum Gasteiger partial charge on any atom is 0.262 e. The summed E-state index contributed by atoms with van der Waals surface area (Å²) in [6, 6.07) is 19.2. The predicted octanol–water partition coefficient (Wildman–Crippen LogP) is 4.66. The molecule has 0 heterocycles. The Labute approximate surface area is 165 Å². The molecule has 0 saturated heterocycles. The van der Waals surface area contributed by atoms with Crippen LogP contribution in [-0.4, -0.2) is 14.3 Å². The summed E-state index contributed by atoms with van der Waals surface area (Å²) in [6.45, 7) is 5.43. The fourth-order valence-electron chi connectivity index (χ4n) is 2.83. The van der Waals surface area contributed by atoms with Crippen LogP contribution in [0.25, 0.3) is 0 Å². The van der Waals surface area contributed by atoms with Gasteiger partial charge in [-0.05, 0) is 61.7 Å². The van der Waals surface area contributed by atoms with Gasteiger partial charge in [0, 0.05) is 11.3 Å². The number of hydrogen-bond donors (Lipinski definition) is 2. The van der Waals surface area contributed by atoms with Crippen molar-refractivity contribution in [1.29, 1.82) is 0 Å². The van der Waals surface area contributed by atoms with E-state index in [-0.39, 0.29) is 16.4 Å². The molecule has 6 heteroatoms. The van der Waals surface area contributed by atoms with E-state index in [0.717, 1.165) is 11.1 Å². The quantitative estimate of drug-likeness (QED) is 0.661. The van der Waals surface area contributed by atoms with Crippen molar-refractivity contribution >= 4 is 27.3 Å². The second-order valence-electron chi connectivity index (χ2n) is 6.67. The molecule has 144 valence electrons. The van der Waals surface area contributed by atoms with Gasteiger partial charge in [-0.3, -0.25) is 9.52 Å². The van der Waals surface area contributed by atoms with Crippen LogP contribution in [0.5, 0.6) is 0 Å². The lowest BCUT2D eigenvalue weighted by Crippen LogP contribution is -2.17. The number of carbonyl (C=O) groups is 1. The van der Waals surface area contributed by atoms with Gasteiger partial charge in [0.25, 0.3) is 15.9 Å². The lowest BCUT2D eigenvalue weighted by atomic mass is 10.1. The summed E-state index contributed by atoms with van der Waals surface area (Å²) in [4.78, 5) is 12.7. The maximum atomic E-state index is 12.9. The number of amides is 1. The first-order chi connectivity index (χ1) is 13.3. The van der Waals surface area contributed by atoms with Gasteiger partial charge in [0.15, 0.2) is 0 Å². The van der Waals surface area contributed by atoms with Crippen LogP contribution < -0.4 is 10.0 Å². The highest BCUT2D eigenvalue weighted by molar-refractivity contribution is 7.92. The van der Waals surface area contributed by atoms with E-state index >= 15 is 0 Å². The predicted molar refractivity (Wildman–Crippen MR) is 112 cm³/mol. The third-order valence-corrected chi connectivity index (χ3v) is 6.03. The molecule has 3 aromatic carbocycles. The van der Waals surface area contributed by atoms with E-state index in [4.69, 9.17) is 0 Å². The molecule has 0 atom stereocenters. The van der Waals surface area contributed by atoms with Gasteiger partial charge in [0.05, 0.1) is 10.6 Å². The van der Waals surface area contributed by atoms with E-state index in [2.05, 4.69) is 10.0 Å². The Hall–Kier alpha value is -3.12. The van der Waals surface area contributed by atoms with Gasteiger partial charge < -0.3 is 5.32 Å². The van der Waals surface area contributed by atoms with Gasteiger partial charge in [-0.15, -0.1) is 0 Å². The van der Waals surface area contributed by atoms with Crippen LogP contribution in [0, 0.1) is 20.8 Å². The number of benzene rings is 3. The van der Waals surface area contributed by atoms with Gasteiger partial charge in [-0.25, -0.2) is 8.42 Å². The number of anilines is 2. The molecule has 2 N–H and O–H groups in total. The van der Waals surface area contributed by atoms with E-state index in [1.54, 1.807) is 37.3 Å². The van der Waals surface area contributed by atoms with Crippen molar-refractivity contribution < 1.29 is 13.2 Å². The SMILES string of the molecule is Cc1ccccc1NC(=O)c1ccc(C)c(S(=O)(=O)Nc2ccccc2C)c1. The molecule has 0 bridgehead atoms. The van der Waals surface area contributed by atoms with Crippen molar-refractivity contribution in [3.8, 4) is 0 Å². The van der Waals surface area contributed by atoms with Gasteiger partial charge in [-0.2, -0.15) is 0 Å². The Bertz CT molecular complexity index is 1140. The van der Waals surface area contributed by atoms with Crippen molar-refractivity contribution in [2.75, 3.05) is 10.0 Å². The van der Waals surface area contributed by atoms with Crippen LogP contribution in [0.2, 0.25) is 0 Å². The number of carbonyl (C=O) groups excluding carboxylic acids is 1. The monoisotopic (exact) mass is 394 g/mol. The molecule has 0 aliphatic rings. The standard InChI is InChI=1S/C22H22N2O3S/c1-15-8-4-6-10-19(15)23-22(25)18-13-12-17(3)21(14-18)28(26,27)24-20-11-7-5-9-16(20)2/h4-14,24H,1-3H3,(H,23,25). The molecule has 0 radical (unpaired) electrons. The minimum Gasteiger partial charge on any atom is -0.322 e. The first-order valence-corrected chi connectivity index (χ1v) is 10.3. The first kappa shape index (κ1) is 19.6. The van der Waals surface area contributed by atoms with Crippen molar-refractivity contribution in [3.63, 3.8) is 0 Å². The molecular formula is C22H22N2O3S. The van der Waals surface area contributed by atoms with Gasteiger partial charge in [0.2, 0.25) is 0 Å². The van der Waals surface area contributed by atoms with Crippen molar-refractivity contribution in [3.05, 3.63) is 89.0 Å². The van der Waals surface area contributed by atoms with Crippen LogP contribution >= 0.6 is 0 Å². The Balaban J connectivity index is 1.92. The fraction of sp³-hybridized carbons (Fsp3) is 0.136. The Kier molecular flexibility index (Phi) is 5.51. The highest BCUT2D eigenvalue weighted by Gasteiger charge is 2.20. The maximum absolute atomic E-state index is 12.9. The minimum absolute atomic E-state index is 0.0770. The van der Waals surface area contributed by atoms with Crippen molar-refractivity contribution in [2.45, 2.75) is 25.7 Å². The Morgan fingerprint density at radius 1 is 0.750 bits per heavy atom. The number of hydrogen-bond acceptors (Lipinski definition) is 3. The summed E-state index contributed by atoms with van der Waals surface area (Å²) in [5, 5.41) is 2.83. The second kappa shape index (κ2) is 7.86. The summed E-state index contributed by atoms with van der Waals surface area (Å²) >= 11 is 0. The molecule has 3 aromatic rings. The number of para-hydroxylation sites is 2. The minimum atomic E-state index is -3.83. The van der Waals surface area contributed by atoms with Crippen molar-refractivity contribution in [1.82, 2.24) is 0 Å². The van der Waals surface area contributed by atoms with E-state index in [1.165, 1.54) is 6.07 Å². The number of sulfonamides is 1. The lowest BCUT2D eigenvalue weighted by molar-refractivity contribution is 0.102. The summed E-state index contributed by atoms with van der Waals surface area (Å²) in [5.74, 6) is -0.360. The Morgan fingerprint density at radius 2 is 1.32 bits per heavy atom. The highest BCUT2D eigenvalue weighted by Crippen LogP contribution is 2.23. The second-order valence-corrected chi connectivity index (χ2v) is 8.32. The van der Waals surface area contributed by atoms with E-state index < -0.39 is 10.0 Å². The van der Waals surface area contributed by atoms with Crippen molar-refractivity contribution in [2.24, 2.45) is 0 Å². The van der Waals surface area contributed by atoms with Crippen LogP contribution in [0.1, 0.15) is 27.0 Å². The van der Waals surface area contributed by atoms with Crippen LogP contribution in [0.4, 0.5) is 11.4 Å². The molecule has 0 spiro atoms. The molecule has 1 amide bonds. The zero-order valence-corrected chi connectivity index (χ0v) is 16.8. The molecule has 0 aliphatic heterocycles. The summed E-state index contributed by atoms with van der Waals surface area (Å²) < 4.78 is 28.4. The lowest BCUT2D eigenvalue weighted by Gasteiger charge is -2.14. The average Bonchev–Trinajstić information content (AvgIpc) is 2.65. The Morgan fingerprint density at radius 3 is 1.93 bits per heavy atom. The normalized spacial score (nSPS) is 11.1. The van der Waals surface area contributed by atoms with E-state index in [0.29, 0.717) is 16.9 Å². The fourth-order valence-corrected chi connectivity index (χ4v) is 4.23. The topological polar surface area (TPSA) is 75.3 Å². The summed E-state index contributed by atoms with van der Waals surface area (Å²) in [7, 11) is -3.83. The van der Waals surface area contributed by atoms with Gasteiger partial charge in [0.1, 0.15) is 0 Å². The molecule has 0 saturated carbocycles. The zero-order valence-electron chi connectivity index (χ0n) is 16.0. The molecule has 0 unspecified atom stereocenters. The van der Waals surface area contributed by atoms with Crippen LogP contribution in [0.15, 0.2) is 71.6 Å². The smallest absolute Gasteiger partial charge is 0.262 e. The first-order valence-electron chi connectivity index (χ1n) is 8.84. The molecule has 0 fully saturated rings. The van der Waals surface area contributed by atoms with Crippen LogP contribution in [0.3, 0.4) is 0 Å². The molecule has 0 aromatic heterocycles. The van der Waals surface area contributed by atoms with Crippen LogP contribution in [-0.2, 0) is 10.0 Å². The number of nitrogens with one attached hydrogen (secondary N) is 2. The summed E-state index contributed by atoms with van der Waals surface area (Å²) in [5.41, 5.74) is 3.79. The average molecular weight is 394 g/mol. The number of aryl methyl sites for hydroxylation is 3.